The number of carboxylic acid groups (broad SMARTS) is 1. The highest BCUT2D eigenvalue weighted by Gasteiger charge is 2.17. The van der Waals surface area contributed by atoms with Crippen LogP contribution in [0.1, 0.15) is 45.0 Å². The van der Waals surface area contributed by atoms with Crippen molar-refractivity contribution < 1.29 is 9.90 Å². The van der Waals surface area contributed by atoms with Gasteiger partial charge in [0.2, 0.25) is 0 Å². The summed E-state index contributed by atoms with van der Waals surface area (Å²) < 4.78 is 2.07. The Labute approximate surface area is 106 Å². The van der Waals surface area contributed by atoms with Gasteiger partial charge < -0.3 is 9.67 Å². The van der Waals surface area contributed by atoms with E-state index in [1.54, 1.807) is 0 Å². The maximum atomic E-state index is 10.6. The van der Waals surface area contributed by atoms with E-state index in [-0.39, 0.29) is 5.75 Å². The maximum Gasteiger partial charge on any atom is 0.313 e. The van der Waals surface area contributed by atoms with Crippen molar-refractivity contribution in [1.82, 2.24) is 14.8 Å². The van der Waals surface area contributed by atoms with Crippen LogP contribution in [0.4, 0.5) is 0 Å². The van der Waals surface area contributed by atoms with Crippen molar-refractivity contribution in [2.75, 3.05) is 5.75 Å². The molecule has 0 aromatic carbocycles. The Bertz CT molecular complexity index is 379. The second-order valence-electron chi connectivity index (χ2n) is 3.93. The summed E-state index contributed by atoms with van der Waals surface area (Å²) in [7, 11) is 0. The van der Waals surface area contributed by atoms with Crippen molar-refractivity contribution in [1.29, 1.82) is 0 Å². The third-order valence-corrected chi connectivity index (χ3v) is 3.55. The lowest BCUT2D eigenvalue weighted by atomic mass is 10.1. The summed E-state index contributed by atoms with van der Waals surface area (Å²) in [6, 6.07) is 0.367. The van der Waals surface area contributed by atoms with Gasteiger partial charge in [-0.25, -0.2) is 0 Å². The molecule has 17 heavy (non-hydrogen) atoms. The minimum atomic E-state index is -0.828. The molecule has 1 aromatic heterocycles. The van der Waals surface area contributed by atoms with Gasteiger partial charge in [-0.2, -0.15) is 0 Å². The van der Waals surface area contributed by atoms with Crippen molar-refractivity contribution in [3.63, 3.8) is 0 Å². The summed E-state index contributed by atoms with van der Waals surface area (Å²) in [5.74, 6) is 0.0599. The monoisotopic (exact) mass is 257 g/mol. The highest BCUT2D eigenvalue weighted by Crippen LogP contribution is 2.26. The van der Waals surface area contributed by atoms with E-state index in [0.717, 1.165) is 25.1 Å². The van der Waals surface area contributed by atoms with Gasteiger partial charge in [-0.05, 0) is 19.8 Å². The van der Waals surface area contributed by atoms with Gasteiger partial charge >= 0.3 is 5.97 Å². The van der Waals surface area contributed by atoms with Crippen LogP contribution in [-0.2, 0) is 4.79 Å². The van der Waals surface area contributed by atoms with Gasteiger partial charge in [0.15, 0.2) is 5.16 Å². The molecule has 5 nitrogen and oxygen atoms in total. The second kappa shape index (κ2) is 6.64. The first-order chi connectivity index (χ1) is 8.10. The lowest BCUT2D eigenvalue weighted by Gasteiger charge is -2.18. The Morgan fingerprint density at radius 2 is 2.18 bits per heavy atom. The summed E-state index contributed by atoms with van der Waals surface area (Å²) in [5.41, 5.74) is 0. The molecule has 0 aliphatic carbocycles. The molecule has 0 amide bonds. The fourth-order valence-electron chi connectivity index (χ4n) is 1.84. The lowest BCUT2D eigenvalue weighted by molar-refractivity contribution is -0.133. The molecule has 0 aliphatic rings. The number of nitrogens with zero attached hydrogens (tertiary/aromatic N) is 3. The molecule has 0 saturated heterocycles. The molecular formula is C11H19N3O2S. The van der Waals surface area contributed by atoms with Crippen LogP contribution in [0.25, 0.3) is 0 Å². The number of carboxylic acids is 1. The van der Waals surface area contributed by atoms with E-state index in [1.165, 1.54) is 11.8 Å². The Morgan fingerprint density at radius 1 is 1.47 bits per heavy atom. The maximum absolute atomic E-state index is 10.6. The second-order valence-corrected chi connectivity index (χ2v) is 4.88. The number of thioether (sulfide) groups is 1. The summed E-state index contributed by atoms with van der Waals surface area (Å²) in [6.07, 6.45) is 3.17. The molecule has 1 rings (SSSR count). The summed E-state index contributed by atoms with van der Waals surface area (Å²) >= 11 is 1.24. The van der Waals surface area contributed by atoms with Gasteiger partial charge in [0.25, 0.3) is 0 Å². The smallest absolute Gasteiger partial charge is 0.313 e. The van der Waals surface area contributed by atoms with Gasteiger partial charge in [0.1, 0.15) is 5.82 Å². The van der Waals surface area contributed by atoms with E-state index in [0.29, 0.717) is 11.2 Å². The van der Waals surface area contributed by atoms with E-state index in [4.69, 9.17) is 5.11 Å². The Balaban J connectivity index is 2.87. The molecule has 1 unspecified atom stereocenters. The molecule has 1 aromatic rings. The van der Waals surface area contributed by atoms with Gasteiger partial charge in [-0.1, -0.05) is 32.0 Å². The number of aromatic nitrogens is 3. The van der Waals surface area contributed by atoms with Crippen molar-refractivity contribution in [3.8, 4) is 0 Å². The van der Waals surface area contributed by atoms with Crippen LogP contribution in [0.2, 0.25) is 0 Å². The van der Waals surface area contributed by atoms with Gasteiger partial charge in [0, 0.05) is 6.04 Å². The molecule has 0 aliphatic heterocycles. The Morgan fingerprint density at radius 3 is 2.71 bits per heavy atom. The number of hydrogen-bond acceptors (Lipinski definition) is 4. The molecule has 0 fully saturated rings. The molecule has 0 bridgehead atoms. The standard InChI is InChI=1S/C11H19N3O2S/c1-4-6-9(5-2)14-8(3)12-13-11(14)17-7-10(15)16/h9H,4-7H2,1-3H3,(H,15,16). The minimum Gasteiger partial charge on any atom is -0.481 e. The number of carbonyl (C=O) groups is 1. The van der Waals surface area contributed by atoms with Crippen LogP contribution in [0.5, 0.6) is 0 Å². The van der Waals surface area contributed by atoms with E-state index >= 15 is 0 Å². The molecular weight excluding hydrogens is 238 g/mol. The summed E-state index contributed by atoms with van der Waals surface area (Å²) in [6.45, 7) is 6.19. The van der Waals surface area contributed by atoms with Crippen LogP contribution < -0.4 is 0 Å². The Kier molecular flexibility index (Phi) is 5.47. The quantitative estimate of drug-likeness (QED) is 0.760. The largest absolute Gasteiger partial charge is 0.481 e. The predicted octanol–water partition coefficient (Wildman–Crippen LogP) is 2.51. The summed E-state index contributed by atoms with van der Waals surface area (Å²) in [5, 5.41) is 17.5. The topological polar surface area (TPSA) is 68.0 Å². The van der Waals surface area contributed by atoms with Crippen LogP contribution in [0.3, 0.4) is 0 Å². The average Bonchev–Trinajstić information content (AvgIpc) is 2.65. The highest BCUT2D eigenvalue weighted by atomic mass is 32.2. The SMILES string of the molecule is CCCC(CC)n1c(C)nnc1SCC(=O)O. The predicted molar refractivity (Wildman–Crippen MR) is 67.4 cm³/mol. The fraction of sp³-hybridized carbons (Fsp3) is 0.727. The number of aryl methyl sites for hydroxylation is 1. The zero-order valence-electron chi connectivity index (χ0n) is 10.5. The normalized spacial score (nSPS) is 12.6. The molecule has 96 valence electrons. The zero-order chi connectivity index (χ0) is 12.8. The van der Waals surface area contributed by atoms with Crippen molar-refractivity contribution in [2.45, 2.75) is 51.2 Å². The molecule has 1 N–H and O–H groups in total. The Hall–Kier alpha value is -1.04. The fourth-order valence-corrected chi connectivity index (χ4v) is 2.62. The van der Waals surface area contributed by atoms with Crippen LogP contribution in [-0.4, -0.2) is 31.6 Å². The number of hydrogen-bond donors (Lipinski definition) is 1. The lowest BCUT2D eigenvalue weighted by Crippen LogP contribution is -2.12. The van der Waals surface area contributed by atoms with Crippen LogP contribution in [0, 0.1) is 6.92 Å². The summed E-state index contributed by atoms with van der Waals surface area (Å²) in [4.78, 5) is 10.6. The van der Waals surface area contributed by atoms with Crippen molar-refractivity contribution >= 4 is 17.7 Å². The first-order valence-corrected chi connectivity index (χ1v) is 6.84. The highest BCUT2D eigenvalue weighted by molar-refractivity contribution is 7.99. The molecule has 0 saturated carbocycles. The van der Waals surface area contributed by atoms with Crippen LogP contribution in [0.15, 0.2) is 5.16 Å². The molecule has 6 heteroatoms. The number of rotatable bonds is 7. The van der Waals surface area contributed by atoms with E-state index in [2.05, 4.69) is 28.6 Å². The van der Waals surface area contributed by atoms with Crippen molar-refractivity contribution in [3.05, 3.63) is 5.82 Å². The minimum absolute atomic E-state index is 0.0285. The van der Waals surface area contributed by atoms with Gasteiger partial charge in [-0.15, -0.1) is 10.2 Å². The zero-order valence-corrected chi connectivity index (χ0v) is 11.3. The third-order valence-electron chi connectivity index (χ3n) is 2.62. The van der Waals surface area contributed by atoms with Gasteiger partial charge in [-0.3, -0.25) is 4.79 Å². The first-order valence-electron chi connectivity index (χ1n) is 5.86. The van der Waals surface area contributed by atoms with E-state index in [9.17, 15) is 4.79 Å². The van der Waals surface area contributed by atoms with Gasteiger partial charge in [0.05, 0.1) is 5.75 Å². The number of aliphatic carboxylic acids is 1. The molecule has 1 heterocycles. The molecule has 1 atom stereocenters. The van der Waals surface area contributed by atoms with E-state index in [1.807, 2.05) is 6.92 Å². The average molecular weight is 257 g/mol. The van der Waals surface area contributed by atoms with Crippen molar-refractivity contribution in [2.24, 2.45) is 0 Å². The van der Waals surface area contributed by atoms with E-state index < -0.39 is 5.97 Å². The molecule has 0 radical (unpaired) electrons. The van der Waals surface area contributed by atoms with Crippen LogP contribution >= 0.6 is 11.8 Å². The first kappa shape index (κ1) is 14.0. The third kappa shape index (κ3) is 3.73. The molecule has 0 spiro atoms.